The summed E-state index contributed by atoms with van der Waals surface area (Å²) in [7, 11) is 0. The molecule has 0 amide bonds. The second-order valence-electron chi connectivity index (χ2n) is 5.60. The average molecular weight is 321 g/mol. The molecule has 1 fully saturated rings. The first kappa shape index (κ1) is 14.1. The molecule has 3 heterocycles. The highest BCUT2D eigenvalue weighted by Crippen LogP contribution is 2.36. The van der Waals surface area contributed by atoms with Gasteiger partial charge in [-0.3, -0.25) is 0 Å². The van der Waals surface area contributed by atoms with Gasteiger partial charge in [0.05, 0.1) is 11.6 Å². The van der Waals surface area contributed by atoms with Crippen LogP contribution in [0.25, 0.3) is 10.9 Å². The zero-order valence-corrected chi connectivity index (χ0v) is 12.9. The molecular weight excluding hydrogens is 304 g/mol. The molecule has 1 aromatic heterocycles. The third kappa shape index (κ3) is 2.72. The van der Waals surface area contributed by atoms with Crippen LogP contribution in [0.3, 0.4) is 0 Å². The van der Waals surface area contributed by atoms with Gasteiger partial charge in [0.25, 0.3) is 0 Å². The third-order valence-corrected chi connectivity index (χ3v) is 4.37. The zero-order valence-electron chi connectivity index (χ0n) is 12.1. The molecule has 1 saturated heterocycles. The van der Waals surface area contributed by atoms with Crippen LogP contribution < -0.4 is 14.8 Å². The minimum atomic E-state index is 0.259. The lowest BCUT2D eigenvalue weighted by Gasteiger charge is -2.12. The SMILES string of the molecule is Clc1nc2cc3c(cc2cc1CNC[C@H]1CCCO1)OCO3. The van der Waals surface area contributed by atoms with E-state index in [4.69, 9.17) is 25.8 Å². The Morgan fingerprint density at radius 2 is 2.09 bits per heavy atom. The molecule has 0 bridgehead atoms. The topological polar surface area (TPSA) is 52.6 Å². The molecule has 0 aliphatic carbocycles. The van der Waals surface area contributed by atoms with Crippen molar-refractivity contribution in [1.82, 2.24) is 10.3 Å². The summed E-state index contributed by atoms with van der Waals surface area (Å²) >= 11 is 6.30. The summed E-state index contributed by atoms with van der Waals surface area (Å²) in [6, 6.07) is 5.87. The van der Waals surface area contributed by atoms with Gasteiger partial charge in [0.2, 0.25) is 6.79 Å². The predicted octanol–water partition coefficient (Wildman–Crippen LogP) is 2.89. The first-order valence-electron chi connectivity index (χ1n) is 7.51. The maximum atomic E-state index is 6.30. The second-order valence-corrected chi connectivity index (χ2v) is 5.96. The Morgan fingerprint density at radius 1 is 1.23 bits per heavy atom. The van der Waals surface area contributed by atoms with Crippen molar-refractivity contribution >= 4 is 22.5 Å². The molecule has 6 heteroatoms. The maximum Gasteiger partial charge on any atom is 0.231 e. The van der Waals surface area contributed by atoms with Gasteiger partial charge in [-0.25, -0.2) is 4.98 Å². The molecule has 0 unspecified atom stereocenters. The van der Waals surface area contributed by atoms with Gasteiger partial charge in [-0.05, 0) is 25.0 Å². The normalized spacial score (nSPS) is 20.0. The van der Waals surface area contributed by atoms with E-state index in [1.807, 2.05) is 12.1 Å². The van der Waals surface area contributed by atoms with E-state index >= 15 is 0 Å². The van der Waals surface area contributed by atoms with Crippen molar-refractivity contribution in [3.8, 4) is 11.5 Å². The van der Waals surface area contributed by atoms with E-state index in [9.17, 15) is 0 Å². The van der Waals surface area contributed by atoms with Crippen molar-refractivity contribution in [2.75, 3.05) is 19.9 Å². The highest BCUT2D eigenvalue weighted by atomic mass is 35.5. The van der Waals surface area contributed by atoms with Gasteiger partial charge < -0.3 is 19.5 Å². The van der Waals surface area contributed by atoms with Gasteiger partial charge in [-0.2, -0.15) is 0 Å². The molecule has 4 rings (SSSR count). The Hall–Kier alpha value is -1.56. The maximum absolute atomic E-state index is 6.30. The fourth-order valence-electron chi connectivity index (χ4n) is 2.88. The van der Waals surface area contributed by atoms with Crippen molar-refractivity contribution in [1.29, 1.82) is 0 Å². The fourth-order valence-corrected chi connectivity index (χ4v) is 3.09. The van der Waals surface area contributed by atoms with Gasteiger partial charge in [0.1, 0.15) is 5.15 Å². The number of nitrogens with one attached hydrogen (secondary N) is 1. The molecule has 1 atom stereocenters. The molecule has 116 valence electrons. The van der Waals surface area contributed by atoms with E-state index in [-0.39, 0.29) is 6.79 Å². The Morgan fingerprint density at radius 3 is 2.91 bits per heavy atom. The van der Waals surface area contributed by atoms with E-state index in [0.29, 0.717) is 17.8 Å². The molecule has 2 aromatic rings. The first-order chi connectivity index (χ1) is 10.8. The minimum absolute atomic E-state index is 0.259. The molecule has 0 saturated carbocycles. The molecule has 1 aromatic carbocycles. The number of nitrogens with zero attached hydrogens (tertiary/aromatic N) is 1. The Kier molecular flexibility index (Phi) is 3.78. The lowest BCUT2D eigenvalue weighted by atomic mass is 10.1. The number of halogens is 1. The van der Waals surface area contributed by atoms with Crippen LogP contribution in [0.15, 0.2) is 18.2 Å². The highest BCUT2D eigenvalue weighted by Gasteiger charge is 2.17. The summed E-state index contributed by atoms with van der Waals surface area (Å²) < 4.78 is 16.4. The molecule has 0 spiro atoms. The summed E-state index contributed by atoms with van der Waals surface area (Å²) in [6.45, 7) is 2.65. The summed E-state index contributed by atoms with van der Waals surface area (Å²) in [4.78, 5) is 4.46. The number of hydrogen-bond donors (Lipinski definition) is 1. The molecular formula is C16H17ClN2O3. The van der Waals surface area contributed by atoms with Crippen LogP contribution in [0.5, 0.6) is 11.5 Å². The fraction of sp³-hybridized carbons (Fsp3) is 0.438. The molecule has 1 N–H and O–H groups in total. The molecule has 2 aliphatic rings. The van der Waals surface area contributed by atoms with Crippen molar-refractivity contribution in [3.05, 3.63) is 28.9 Å². The van der Waals surface area contributed by atoms with E-state index in [2.05, 4.69) is 16.4 Å². The van der Waals surface area contributed by atoms with Crippen LogP contribution in [0.1, 0.15) is 18.4 Å². The summed E-state index contributed by atoms with van der Waals surface area (Å²) in [5.41, 5.74) is 1.79. The zero-order chi connectivity index (χ0) is 14.9. The van der Waals surface area contributed by atoms with Gasteiger partial charge in [0, 0.05) is 36.7 Å². The van der Waals surface area contributed by atoms with E-state index < -0.39 is 0 Å². The summed E-state index contributed by atoms with van der Waals surface area (Å²) in [6.07, 6.45) is 2.60. The number of pyridine rings is 1. The van der Waals surface area contributed by atoms with Gasteiger partial charge in [-0.15, -0.1) is 0 Å². The quantitative estimate of drug-likeness (QED) is 0.878. The van der Waals surface area contributed by atoms with Crippen molar-refractivity contribution in [2.24, 2.45) is 0 Å². The summed E-state index contributed by atoms with van der Waals surface area (Å²) in [5, 5.41) is 4.92. The smallest absolute Gasteiger partial charge is 0.231 e. The molecule has 0 radical (unpaired) electrons. The molecule has 2 aliphatic heterocycles. The van der Waals surface area contributed by atoms with Crippen LogP contribution in [0, 0.1) is 0 Å². The number of aromatic nitrogens is 1. The second kappa shape index (κ2) is 5.91. The predicted molar refractivity (Wildman–Crippen MR) is 83.6 cm³/mol. The number of ether oxygens (including phenoxy) is 3. The van der Waals surface area contributed by atoms with Crippen LogP contribution in [-0.4, -0.2) is 31.0 Å². The van der Waals surface area contributed by atoms with Crippen LogP contribution >= 0.6 is 11.6 Å². The Labute approximate surface area is 133 Å². The van der Waals surface area contributed by atoms with Gasteiger partial charge >= 0.3 is 0 Å². The first-order valence-corrected chi connectivity index (χ1v) is 7.88. The van der Waals surface area contributed by atoms with Crippen molar-refractivity contribution < 1.29 is 14.2 Å². The monoisotopic (exact) mass is 320 g/mol. The minimum Gasteiger partial charge on any atom is -0.454 e. The van der Waals surface area contributed by atoms with Crippen LogP contribution in [-0.2, 0) is 11.3 Å². The molecule has 5 nitrogen and oxygen atoms in total. The molecule has 22 heavy (non-hydrogen) atoms. The average Bonchev–Trinajstić information content (AvgIpc) is 3.16. The highest BCUT2D eigenvalue weighted by molar-refractivity contribution is 6.30. The van der Waals surface area contributed by atoms with E-state index in [1.165, 1.54) is 0 Å². The summed E-state index contributed by atoms with van der Waals surface area (Å²) in [5.74, 6) is 1.48. The standard InChI is InChI=1S/C16H17ClN2O3/c17-16-11(7-18-8-12-2-1-3-20-12)4-10-5-14-15(22-9-21-14)6-13(10)19-16/h4-6,12,18H,1-3,7-9H2/t12-/m1/s1. The number of fused-ring (bicyclic) bond motifs is 2. The number of rotatable bonds is 4. The van der Waals surface area contributed by atoms with Crippen LogP contribution in [0.4, 0.5) is 0 Å². The van der Waals surface area contributed by atoms with E-state index in [0.717, 1.165) is 54.0 Å². The third-order valence-electron chi connectivity index (χ3n) is 4.05. The van der Waals surface area contributed by atoms with Crippen molar-refractivity contribution in [2.45, 2.75) is 25.5 Å². The lowest BCUT2D eigenvalue weighted by molar-refractivity contribution is 0.110. The number of hydrogen-bond acceptors (Lipinski definition) is 5. The van der Waals surface area contributed by atoms with Crippen molar-refractivity contribution in [3.63, 3.8) is 0 Å². The Bertz CT molecular complexity index is 701. The Balaban J connectivity index is 1.52. The van der Waals surface area contributed by atoms with E-state index in [1.54, 1.807) is 0 Å². The van der Waals surface area contributed by atoms with Crippen LogP contribution in [0.2, 0.25) is 5.15 Å². The largest absolute Gasteiger partial charge is 0.454 e. The number of benzene rings is 1. The van der Waals surface area contributed by atoms with Gasteiger partial charge in [-0.1, -0.05) is 11.6 Å². The van der Waals surface area contributed by atoms with Gasteiger partial charge in [0.15, 0.2) is 11.5 Å². The lowest BCUT2D eigenvalue weighted by Crippen LogP contribution is -2.25.